The van der Waals surface area contributed by atoms with E-state index in [0.717, 1.165) is 16.5 Å². The number of carbonyl (C=O) groups is 2. The lowest BCUT2D eigenvalue weighted by Gasteiger charge is -2.05. The normalized spacial score (nSPS) is 10.7. The molecule has 0 atom stereocenters. The van der Waals surface area contributed by atoms with Crippen LogP contribution in [0.25, 0.3) is 10.8 Å². The summed E-state index contributed by atoms with van der Waals surface area (Å²) in [6, 6.07) is 13.8. The Morgan fingerprint density at radius 2 is 1.68 bits per heavy atom. The molecule has 0 spiro atoms. The number of carbonyl (C=O) groups excluding carboxylic acids is 2. The Labute approximate surface area is 156 Å². The number of nitrogens with two attached hydrogens (primary N) is 1. The van der Waals surface area contributed by atoms with E-state index in [-0.39, 0.29) is 17.4 Å². The van der Waals surface area contributed by atoms with Crippen LogP contribution in [0.5, 0.6) is 0 Å². The van der Waals surface area contributed by atoms with E-state index in [9.17, 15) is 9.59 Å². The largest absolute Gasteiger partial charge is 0.369 e. The molecule has 3 N–H and O–H groups in total. The number of hydrogen-bond donors (Lipinski definition) is 2. The molecule has 0 saturated carbocycles. The molecule has 0 bridgehead atoms. The predicted octanol–water partition coefficient (Wildman–Crippen LogP) is 3.00. The molecule has 9 heteroatoms. The van der Waals surface area contributed by atoms with Crippen LogP contribution in [0.2, 0.25) is 0 Å². The van der Waals surface area contributed by atoms with Gasteiger partial charge in [0.25, 0.3) is 0 Å². The van der Waals surface area contributed by atoms with Gasteiger partial charge in [0.15, 0.2) is 8.68 Å². The Morgan fingerprint density at radius 1 is 1.00 bits per heavy atom. The second-order valence-electron chi connectivity index (χ2n) is 4.99. The Balaban J connectivity index is 1.52. The molecule has 0 saturated heterocycles. The number of rotatable bonds is 7. The molecular formula is C16H14N4O2S3. The van der Waals surface area contributed by atoms with Crippen molar-refractivity contribution in [2.45, 2.75) is 8.68 Å². The summed E-state index contributed by atoms with van der Waals surface area (Å²) in [6.45, 7) is 0. The highest BCUT2D eigenvalue weighted by Gasteiger charge is 2.10. The first-order chi connectivity index (χ1) is 12.1. The molecule has 0 fully saturated rings. The number of benzene rings is 2. The average Bonchev–Trinajstić information content (AvgIpc) is 3.06. The smallest absolute Gasteiger partial charge is 0.234 e. The molecule has 0 radical (unpaired) electrons. The van der Waals surface area contributed by atoms with Gasteiger partial charge in [-0.1, -0.05) is 65.2 Å². The minimum absolute atomic E-state index is 0.109. The van der Waals surface area contributed by atoms with Gasteiger partial charge in [0.05, 0.1) is 11.5 Å². The number of fused-ring (bicyclic) bond motifs is 1. The fraction of sp³-hybridized carbons (Fsp3) is 0.125. The summed E-state index contributed by atoms with van der Waals surface area (Å²) in [4.78, 5) is 22.9. The summed E-state index contributed by atoms with van der Waals surface area (Å²) >= 11 is 3.89. The Hall–Kier alpha value is -2.10. The minimum Gasteiger partial charge on any atom is -0.369 e. The van der Waals surface area contributed by atoms with Gasteiger partial charge in [-0.25, -0.2) is 0 Å². The van der Waals surface area contributed by atoms with Crippen LogP contribution in [-0.2, 0) is 9.59 Å². The molecule has 128 valence electrons. The van der Waals surface area contributed by atoms with Crippen molar-refractivity contribution in [1.82, 2.24) is 10.2 Å². The first-order valence-electron chi connectivity index (χ1n) is 7.26. The topological polar surface area (TPSA) is 98.0 Å². The number of thioether (sulfide) groups is 2. The Kier molecular flexibility index (Phi) is 5.90. The lowest BCUT2D eigenvalue weighted by molar-refractivity contribution is -0.115. The second kappa shape index (κ2) is 8.32. The maximum absolute atomic E-state index is 12.1. The number of primary amides is 1. The van der Waals surface area contributed by atoms with Crippen molar-refractivity contribution in [2.24, 2.45) is 5.73 Å². The van der Waals surface area contributed by atoms with Crippen molar-refractivity contribution >= 4 is 63.1 Å². The SMILES string of the molecule is NC(=O)CSc1nnc(SCC(=O)Nc2ccc3ccccc3c2)s1. The lowest BCUT2D eigenvalue weighted by Crippen LogP contribution is -2.13. The van der Waals surface area contributed by atoms with Crippen LogP contribution in [0.15, 0.2) is 51.1 Å². The van der Waals surface area contributed by atoms with Crippen LogP contribution in [0.1, 0.15) is 0 Å². The average molecular weight is 391 g/mol. The molecule has 2 amide bonds. The molecular weight excluding hydrogens is 376 g/mol. The molecule has 3 aromatic rings. The van der Waals surface area contributed by atoms with E-state index in [1.807, 2.05) is 42.5 Å². The fourth-order valence-electron chi connectivity index (χ4n) is 2.04. The van der Waals surface area contributed by atoms with Crippen molar-refractivity contribution in [3.8, 4) is 0 Å². The van der Waals surface area contributed by atoms with E-state index < -0.39 is 5.91 Å². The molecule has 1 aromatic heterocycles. The number of aromatic nitrogens is 2. The zero-order valence-electron chi connectivity index (χ0n) is 13.0. The first-order valence-corrected chi connectivity index (χ1v) is 10.0. The molecule has 0 aliphatic carbocycles. The molecule has 2 aromatic carbocycles. The summed E-state index contributed by atoms with van der Waals surface area (Å²) in [5.74, 6) is -0.102. The highest BCUT2D eigenvalue weighted by molar-refractivity contribution is 8.03. The Bertz CT molecular complexity index is 913. The lowest BCUT2D eigenvalue weighted by atomic mass is 10.1. The summed E-state index contributed by atoms with van der Waals surface area (Å²) in [6.07, 6.45) is 0. The van der Waals surface area contributed by atoms with E-state index in [1.54, 1.807) is 0 Å². The van der Waals surface area contributed by atoms with Gasteiger partial charge in [-0.3, -0.25) is 9.59 Å². The van der Waals surface area contributed by atoms with Crippen LogP contribution in [0.3, 0.4) is 0 Å². The minimum atomic E-state index is -0.399. The van der Waals surface area contributed by atoms with E-state index in [1.165, 1.54) is 34.9 Å². The van der Waals surface area contributed by atoms with Crippen LogP contribution in [0, 0.1) is 0 Å². The monoisotopic (exact) mass is 390 g/mol. The number of nitrogens with zero attached hydrogens (tertiary/aromatic N) is 2. The van der Waals surface area contributed by atoms with Crippen LogP contribution >= 0.6 is 34.9 Å². The van der Waals surface area contributed by atoms with Crippen molar-refractivity contribution in [3.05, 3.63) is 42.5 Å². The van der Waals surface area contributed by atoms with Crippen molar-refractivity contribution in [3.63, 3.8) is 0 Å². The molecule has 25 heavy (non-hydrogen) atoms. The second-order valence-corrected chi connectivity index (χ2v) is 8.41. The molecule has 3 rings (SSSR count). The maximum atomic E-state index is 12.1. The summed E-state index contributed by atoms with van der Waals surface area (Å²) < 4.78 is 1.34. The van der Waals surface area contributed by atoms with Crippen molar-refractivity contribution < 1.29 is 9.59 Å². The van der Waals surface area contributed by atoms with E-state index >= 15 is 0 Å². The Morgan fingerprint density at radius 3 is 2.40 bits per heavy atom. The molecule has 0 unspecified atom stereocenters. The third-order valence-corrected chi connectivity index (χ3v) is 6.30. The predicted molar refractivity (Wildman–Crippen MR) is 103 cm³/mol. The maximum Gasteiger partial charge on any atom is 0.234 e. The summed E-state index contributed by atoms with van der Waals surface area (Å²) in [5.41, 5.74) is 5.86. The molecule has 1 heterocycles. The highest BCUT2D eigenvalue weighted by atomic mass is 32.2. The number of nitrogens with one attached hydrogen (secondary N) is 1. The van der Waals surface area contributed by atoms with Gasteiger partial charge in [-0.05, 0) is 22.9 Å². The van der Waals surface area contributed by atoms with Gasteiger partial charge in [0.1, 0.15) is 0 Å². The van der Waals surface area contributed by atoms with Crippen LogP contribution in [-0.4, -0.2) is 33.5 Å². The highest BCUT2D eigenvalue weighted by Crippen LogP contribution is 2.28. The van der Waals surface area contributed by atoms with Gasteiger partial charge in [-0.2, -0.15) is 0 Å². The zero-order valence-corrected chi connectivity index (χ0v) is 15.4. The van der Waals surface area contributed by atoms with E-state index in [0.29, 0.717) is 8.68 Å². The van der Waals surface area contributed by atoms with Gasteiger partial charge < -0.3 is 11.1 Å². The van der Waals surface area contributed by atoms with Gasteiger partial charge in [-0.15, -0.1) is 10.2 Å². The fourth-order valence-corrected chi connectivity index (χ4v) is 4.60. The number of amides is 2. The van der Waals surface area contributed by atoms with Gasteiger partial charge >= 0.3 is 0 Å². The number of hydrogen-bond acceptors (Lipinski definition) is 7. The summed E-state index contributed by atoms with van der Waals surface area (Å²) in [7, 11) is 0. The van der Waals surface area contributed by atoms with E-state index in [2.05, 4.69) is 15.5 Å². The quantitative estimate of drug-likeness (QED) is 0.602. The van der Waals surface area contributed by atoms with Crippen LogP contribution < -0.4 is 11.1 Å². The van der Waals surface area contributed by atoms with E-state index in [4.69, 9.17) is 5.73 Å². The third-order valence-electron chi connectivity index (χ3n) is 3.09. The molecule has 0 aliphatic heterocycles. The first kappa shape index (κ1) is 17.7. The van der Waals surface area contributed by atoms with Crippen molar-refractivity contribution in [1.29, 1.82) is 0 Å². The van der Waals surface area contributed by atoms with Crippen LogP contribution in [0.4, 0.5) is 5.69 Å². The third kappa shape index (κ3) is 5.18. The number of anilines is 1. The van der Waals surface area contributed by atoms with Crippen molar-refractivity contribution in [2.75, 3.05) is 16.8 Å². The van der Waals surface area contributed by atoms with Gasteiger partial charge in [0, 0.05) is 5.69 Å². The molecule has 0 aliphatic rings. The van der Waals surface area contributed by atoms with Gasteiger partial charge in [0.2, 0.25) is 11.8 Å². The zero-order chi connectivity index (χ0) is 17.6. The molecule has 6 nitrogen and oxygen atoms in total. The standard InChI is InChI=1S/C16H14N4O2S3/c17-13(21)8-23-15-19-20-16(25-15)24-9-14(22)18-12-6-5-10-3-1-2-4-11(10)7-12/h1-7H,8-9H2,(H2,17,21)(H,18,22). The summed E-state index contributed by atoms with van der Waals surface area (Å²) in [5, 5.41) is 13.0.